The number of likely N-dealkylation sites (tertiary alicyclic amines) is 1. The topological polar surface area (TPSA) is 58.1 Å². The average molecular weight is 234 g/mol. The zero-order chi connectivity index (χ0) is 12.3. The summed E-state index contributed by atoms with van der Waals surface area (Å²) in [4.78, 5) is 22.4. The van der Waals surface area contributed by atoms with E-state index in [0.717, 1.165) is 25.9 Å². The van der Waals surface area contributed by atoms with E-state index in [1.54, 1.807) is 19.2 Å². The third-order valence-corrected chi connectivity index (χ3v) is 3.07. The van der Waals surface area contributed by atoms with Crippen LogP contribution in [0.5, 0.6) is 0 Å². The molecule has 5 nitrogen and oxygen atoms in total. The van der Waals surface area contributed by atoms with Crippen molar-refractivity contribution in [2.45, 2.75) is 25.8 Å². The molecule has 0 aromatic carbocycles. The molecule has 1 N–H and O–H groups in total. The van der Waals surface area contributed by atoms with Gasteiger partial charge in [-0.2, -0.15) is 0 Å². The summed E-state index contributed by atoms with van der Waals surface area (Å²) in [6, 6.07) is 1.98. The summed E-state index contributed by atoms with van der Waals surface area (Å²) in [5.41, 5.74) is 0.500. The van der Waals surface area contributed by atoms with Gasteiger partial charge in [0.25, 0.3) is 5.91 Å². The van der Waals surface area contributed by atoms with Gasteiger partial charge in [0.2, 0.25) is 0 Å². The maximum atomic E-state index is 12.3. The Morgan fingerprint density at radius 1 is 1.65 bits per heavy atom. The molecule has 1 amide bonds. The fourth-order valence-electron chi connectivity index (χ4n) is 2.27. The molecule has 1 aliphatic rings. The lowest BCUT2D eigenvalue weighted by molar-refractivity contribution is 0.0730. The van der Waals surface area contributed by atoms with Crippen molar-refractivity contribution in [3.63, 3.8) is 0 Å². The monoisotopic (exact) mass is 234 g/mol. The van der Waals surface area contributed by atoms with Crippen molar-refractivity contribution in [1.29, 1.82) is 0 Å². The van der Waals surface area contributed by atoms with Crippen LogP contribution in [0.1, 0.15) is 29.2 Å². The van der Waals surface area contributed by atoms with Gasteiger partial charge in [0.1, 0.15) is 11.5 Å². The summed E-state index contributed by atoms with van der Waals surface area (Å²) in [7, 11) is 1.91. The highest BCUT2D eigenvalue weighted by Gasteiger charge is 2.29. The van der Waals surface area contributed by atoms with Crippen LogP contribution < -0.4 is 5.32 Å². The first-order valence-corrected chi connectivity index (χ1v) is 5.97. The number of amides is 1. The van der Waals surface area contributed by atoms with E-state index in [1.165, 1.54) is 0 Å². The van der Waals surface area contributed by atoms with Crippen molar-refractivity contribution < 1.29 is 4.79 Å². The molecule has 1 fully saturated rings. The van der Waals surface area contributed by atoms with Crippen molar-refractivity contribution in [1.82, 2.24) is 20.2 Å². The number of nitrogens with one attached hydrogen (secondary N) is 1. The fraction of sp³-hybridized carbons (Fsp3) is 0.583. The Labute approximate surface area is 101 Å². The molecule has 0 spiro atoms. The third-order valence-electron chi connectivity index (χ3n) is 3.07. The van der Waals surface area contributed by atoms with Gasteiger partial charge in [-0.25, -0.2) is 9.97 Å². The smallest absolute Gasteiger partial charge is 0.272 e. The lowest BCUT2D eigenvalue weighted by Crippen LogP contribution is -2.41. The van der Waals surface area contributed by atoms with Gasteiger partial charge in [-0.05, 0) is 32.9 Å². The predicted octanol–water partition coefficient (Wildman–Crippen LogP) is 0.609. The van der Waals surface area contributed by atoms with E-state index in [-0.39, 0.29) is 5.91 Å². The average Bonchev–Trinajstić information content (AvgIpc) is 2.77. The van der Waals surface area contributed by atoms with Gasteiger partial charge in [-0.3, -0.25) is 4.79 Å². The molecule has 1 aliphatic heterocycles. The molecule has 0 unspecified atom stereocenters. The van der Waals surface area contributed by atoms with Crippen molar-refractivity contribution in [2.75, 3.05) is 20.1 Å². The standard InChI is InChI=1S/C12H18N4O/c1-9-14-6-5-11(15-9)12(17)16-7-3-4-10(16)8-13-2/h5-6,10,13H,3-4,7-8H2,1-2H3/t10-/m0/s1. The molecule has 1 saturated heterocycles. The molecule has 1 aromatic rings. The number of rotatable bonds is 3. The van der Waals surface area contributed by atoms with Gasteiger partial charge in [0.15, 0.2) is 0 Å². The van der Waals surface area contributed by atoms with Crippen LogP contribution in [0.3, 0.4) is 0 Å². The minimum absolute atomic E-state index is 0.0215. The molecule has 0 bridgehead atoms. The lowest BCUT2D eigenvalue weighted by atomic mass is 10.2. The highest BCUT2D eigenvalue weighted by Crippen LogP contribution is 2.18. The molecule has 2 heterocycles. The maximum absolute atomic E-state index is 12.3. The first kappa shape index (κ1) is 12.0. The van der Waals surface area contributed by atoms with E-state index in [9.17, 15) is 4.79 Å². The van der Waals surface area contributed by atoms with Gasteiger partial charge in [0, 0.05) is 25.3 Å². The molecular weight excluding hydrogens is 216 g/mol. The van der Waals surface area contributed by atoms with E-state index in [2.05, 4.69) is 15.3 Å². The zero-order valence-corrected chi connectivity index (χ0v) is 10.3. The molecule has 17 heavy (non-hydrogen) atoms. The van der Waals surface area contributed by atoms with Crippen LogP contribution in [0.4, 0.5) is 0 Å². The van der Waals surface area contributed by atoms with Gasteiger partial charge in [-0.15, -0.1) is 0 Å². The van der Waals surface area contributed by atoms with Crippen LogP contribution >= 0.6 is 0 Å². The summed E-state index contributed by atoms with van der Waals surface area (Å²) >= 11 is 0. The maximum Gasteiger partial charge on any atom is 0.272 e. The number of carbonyl (C=O) groups excluding carboxylic acids is 1. The minimum Gasteiger partial charge on any atom is -0.333 e. The molecule has 0 radical (unpaired) electrons. The van der Waals surface area contributed by atoms with E-state index >= 15 is 0 Å². The molecule has 0 aliphatic carbocycles. The largest absolute Gasteiger partial charge is 0.333 e. The highest BCUT2D eigenvalue weighted by atomic mass is 16.2. The Kier molecular flexibility index (Phi) is 3.68. The van der Waals surface area contributed by atoms with E-state index in [1.807, 2.05) is 11.9 Å². The Balaban J connectivity index is 2.14. The molecule has 92 valence electrons. The second kappa shape index (κ2) is 5.23. The summed E-state index contributed by atoms with van der Waals surface area (Å²) in [5.74, 6) is 0.661. The number of likely N-dealkylation sites (N-methyl/N-ethyl adjacent to an activating group) is 1. The zero-order valence-electron chi connectivity index (χ0n) is 10.3. The Hall–Kier alpha value is -1.49. The SMILES string of the molecule is CNC[C@@H]1CCCN1C(=O)c1ccnc(C)n1. The number of nitrogens with zero attached hydrogens (tertiary/aromatic N) is 3. The summed E-state index contributed by atoms with van der Waals surface area (Å²) in [6.45, 7) is 3.47. The van der Waals surface area contributed by atoms with Crippen molar-refractivity contribution >= 4 is 5.91 Å². The Morgan fingerprint density at radius 3 is 3.18 bits per heavy atom. The normalized spacial score (nSPS) is 19.6. The number of aromatic nitrogens is 2. The van der Waals surface area contributed by atoms with Gasteiger partial charge >= 0.3 is 0 Å². The molecule has 0 saturated carbocycles. The first-order valence-electron chi connectivity index (χ1n) is 5.97. The third kappa shape index (κ3) is 2.61. The number of hydrogen-bond acceptors (Lipinski definition) is 4. The van der Waals surface area contributed by atoms with Crippen LogP contribution in [0.2, 0.25) is 0 Å². The van der Waals surface area contributed by atoms with Gasteiger partial charge in [-0.1, -0.05) is 0 Å². The molecule has 5 heteroatoms. The summed E-state index contributed by atoms with van der Waals surface area (Å²) < 4.78 is 0. The van der Waals surface area contributed by atoms with E-state index in [0.29, 0.717) is 17.6 Å². The molecule has 1 atom stereocenters. The second-order valence-electron chi connectivity index (χ2n) is 4.34. The summed E-state index contributed by atoms with van der Waals surface area (Å²) in [6.07, 6.45) is 3.78. The van der Waals surface area contributed by atoms with Crippen molar-refractivity contribution in [3.05, 3.63) is 23.8 Å². The van der Waals surface area contributed by atoms with Crippen LogP contribution in [-0.4, -0.2) is 47.0 Å². The first-order chi connectivity index (χ1) is 8.22. The van der Waals surface area contributed by atoms with Gasteiger partial charge in [0.05, 0.1) is 0 Å². The number of hydrogen-bond donors (Lipinski definition) is 1. The van der Waals surface area contributed by atoms with Crippen molar-refractivity contribution in [3.8, 4) is 0 Å². The van der Waals surface area contributed by atoms with Crippen LogP contribution in [0.15, 0.2) is 12.3 Å². The Morgan fingerprint density at radius 2 is 2.47 bits per heavy atom. The lowest BCUT2D eigenvalue weighted by Gasteiger charge is -2.24. The van der Waals surface area contributed by atoms with E-state index < -0.39 is 0 Å². The van der Waals surface area contributed by atoms with Crippen LogP contribution in [-0.2, 0) is 0 Å². The van der Waals surface area contributed by atoms with Crippen LogP contribution in [0.25, 0.3) is 0 Å². The second-order valence-corrected chi connectivity index (χ2v) is 4.34. The van der Waals surface area contributed by atoms with Gasteiger partial charge < -0.3 is 10.2 Å². The fourth-order valence-corrected chi connectivity index (χ4v) is 2.27. The molecule has 2 rings (SSSR count). The molecular formula is C12H18N4O. The predicted molar refractivity (Wildman–Crippen MR) is 64.8 cm³/mol. The summed E-state index contributed by atoms with van der Waals surface area (Å²) in [5, 5.41) is 3.13. The van der Waals surface area contributed by atoms with Crippen LogP contribution in [0, 0.1) is 6.92 Å². The highest BCUT2D eigenvalue weighted by molar-refractivity contribution is 5.92. The minimum atomic E-state index is 0.0215. The van der Waals surface area contributed by atoms with E-state index in [4.69, 9.17) is 0 Å². The Bertz CT molecular complexity index is 407. The van der Waals surface area contributed by atoms with Crippen molar-refractivity contribution in [2.24, 2.45) is 0 Å². The number of carbonyl (C=O) groups is 1. The quantitative estimate of drug-likeness (QED) is 0.832. The molecule has 1 aromatic heterocycles. The number of aryl methyl sites for hydroxylation is 1.